The van der Waals surface area contributed by atoms with Gasteiger partial charge in [0, 0.05) is 23.8 Å². The van der Waals surface area contributed by atoms with E-state index >= 15 is 0 Å². The van der Waals surface area contributed by atoms with Crippen LogP contribution < -0.4 is 4.74 Å². The first-order chi connectivity index (χ1) is 13.5. The summed E-state index contributed by atoms with van der Waals surface area (Å²) in [5.41, 5.74) is 0.891. The Labute approximate surface area is 170 Å². The lowest BCUT2D eigenvalue weighted by atomic mass is 9.95. The van der Waals surface area contributed by atoms with E-state index in [9.17, 15) is 14.7 Å². The van der Waals surface area contributed by atoms with Gasteiger partial charge in [0.2, 0.25) is 0 Å². The van der Waals surface area contributed by atoms with Gasteiger partial charge in [0.15, 0.2) is 0 Å². The lowest BCUT2D eigenvalue weighted by Gasteiger charge is -2.11. The molecular formula is C22H25ClO5. The predicted molar refractivity (Wildman–Crippen MR) is 109 cm³/mol. The van der Waals surface area contributed by atoms with E-state index in [-0.39, 0.29) is 24.7 Å². The SMILES string of the molecule is O=C(O)CCC/C=C/C[C@H]1C(=O)CC=C1/C=C/[C@@H](O)COc1cccc(Cl)c1. The molecule has 0 aliphatic heterocycles. The van der Waals surface area contributed by atoms with Gasteiger partial charge in [-0.15, -0.1) is 0 Å². The van der Waals surface area contributed by atoms with Crippen molar-refractivity contribution in [2.45, 2.75) is 38.2 Å². The Bertz CT molecular complexity index is 766. The maximum absolute atomic E-state index is 12.1. The fourth-order valence-electron chi connectivity index (χ4n) is 2.88. The van der Waals surface area contributed by atoms with Crippen molar-refractivity contribution in [3.8, 4) is 5.75 Å². The number of aliphatic hydroxyl groups is 1. The zero-order chi connectivity index (χ0) is 20.4. The zero-order valence-electron chi connectivity index (χ0n) is 15.6. The van der Waals surface area contributed by atoms with Crippen LogP contribution in [0.4, 0.5) is 0 Å². The van der Waals surface area contributed by atoms with Crippen LogP contribution >= 0.6 is 11.6 Å². The number of benzene rings is 1. The van der Waals surface area contributed by atoms with E-state index in [0.717, 1.165) is 5.57 Å². The Morgan fingerprint density at radius 2 is 2.18 bits per heavy atom. The van der Waals surface area contributed by atoms with Gasteiger partial charge in [0.1, 0.15) is 24.2 Å². The maximum atomic E-state index is 12.1. The molecule has 0 aromatic heterocycles. The van der Waals surface area contributed by atoms with Gasteiger partial charge in [-0.1, -0.05) is 48.0 Å². The molecule has 0 heterocycles. The Balaban J connectivity index is 1.79. The lowest BCUT2D eigenvalue weighted by molar-refractivity contribution is -0.137. The molecule has 150 valence electrons. The number of ether oxygens (including phenoxy) is 1. The van der Waals surface area contributed by atoms with Crippen molar-refractivity contribution >= 4 is 23.4 Å². The smallest absolute Gasteiger partial charge is 0.303 e. The second kappa shape index (κ2) is 11.5. The highest BCUT2D eigenvalue weighted by Gasteiger charge is 2.24. The van der Waals surface area contributed by atoms with Crippen molar-refractivity contribution in [3.63, 3.8) is 0 Å². The first-order valence-corrected chi connectivity index (χ1v) is 9.67. The number of carbonyl (C=O) groups is 2. The van der Waals surface area contributed by atoms with E-state index in [1.165, 1.54) is 0 Å². The minimum Gasteiger partial charge on any atom is -0.491 e. The predicted octanol–water partition coefficient (Wildman–Crippen LogP) is 4.35. The molecule has 1 aromatic rings. The summed E-state index contributed by atoms with van der Waals surface area (Å²) in [6.07, 6.45) is 10.7. The number of ketones is 1. The number of Topliss-reactive ketones (excluding diaryl/α,β-unsaturated/α-hetero) is 1. The summed E-state index contributed by atoms with van der Waals surface area (Å²) < 4.78 is 5.51. The highest BCUT2D eigenvalue weighted by molar-refractivity contribution is 6.30. The zero-order valence-corrected chi connectivity index (χ0v) is 16.3. The summed E-state index contributed by atoms with van der Waals surface area (Å²) in [7, 11) is 0. The van der Waals surface area contributed by atoms with Crippen LogP contribution in [-0.2, 0) is 9.59 Å². The van der Waals surface area contributed by atoms with Crippen LogP contribution in [0.2, 0.25) is 5.02 Å². The Hall–Kier alpha value is -2.37. The molecule has 1 aromatic carbocycles. The summed E-state index contributed by atoms with van der Waals surface area (Å²) in [6.45, 7) is 0.0895. The van der Waals surface area contributed by atoms with Gasteiger partial charge in [-0.2, -0.15) is 0 Å². The first kappa shape index (κ1) is 21.9. The van der Waals surface area contributed by atoms with E-state index in [2.05, 4.69) is 0 Å². The highest BCUT2D eigenvalue weighted by atomic mass is 35.5. The average molecular weight is 405 g/mol. The molecule has 0 amide bonds. The van der Waals surface area contributed by atoms with Crippen molar-refractivity contribution in [1.29, 1.82) is 0 Å². The van der Waals surface area contributed by atoms with Gasteiger partial charge in [-0.3, -0.25) is 9.59 Å². The topological polar surface area (TPSA) is 83.8 Å². The molecule has 2 atom stereocenters. The van der Waals surface area contributed by atoms with Gasteiger partial charge in [0.05, 0.1) is 0 Å². The number of carbonyl (C=O) groups excluding carboxylic acids is 1. The van der Waals surface area contributed by atoms with Crippen molar-refractivity contribution < 1.29 is 24.5 Å². The molecule has 0 radical (unpaired) electrons. The second-order valence-corrected chi connectivity index (χ2v) is 7.05. The van der Waals surface area contributed by atoms with Gasteiger partial charge in [-0.25, -0.2) is 0 Å². The molecule has 0 unspecified atom stereocenters. The molecule has 2 N–H and O–H groups in total. The largest absolute Gasteiger partial charge is 0.491 e. The number of allylic oxidation sites excluding steroid dienone is 5. The average Bonchev–Trinajstić information content (AvgIpc) is 3.01. The van der Waals surface area contributed by atoms with E-state index in [4.69, 9.17) is 21.4 Å². The number of carboxylic acids is 1. The van der Waals surface area contributed by atoms with Crippen molar-refractivity contribution in [3.05, 3.63) is 65.2 Å². The van der Waals surface area contributed by atoms with Crippen molar-refractivity contribution in [2.75, 3.05) is 6.61 Å². The summed E-state index contributed by atoms with van der Waals surface area (Å²) in [4.78, 5) is 22.6. The van der Waals surface area contributed by atoms with Gasteiger partial charge < -0.3 is 14.9 Å². The monoisotopic (exact) mass is 404 g/mol. The Kier molecular flexibility index (Phi) is 8.98. The molecule has 1 aliphatic rings. The summed E-state index contributed by atoms with van der Waals surface area (Å²) in [6, 6.07) is 6.96. The fourth-order valence-corrected chi connectivity index (χ4v) is 3.06. The summed E-state index contributed by atoms with van der Waals surface area (Å²) in [5.74, 6) is -0.277. The van der Waals surface area contributed by atoms with Crippen LogP contribution in [0.25, 0.3) is 0 Å². The van der Waals surface area contributed by atoms with Gasteiger partial charge in [0.25, 0.3) is 0 Å². The third-order valence-corrected chi connectivity index (χ3v) is 4.59. The molecule has 0 spiro atoms. The summed E-state index contributed by atoms with van der Waals surface area (Å²) >= 11 is 5.89. The van der Waals surface area contributed by atoms with E-state index in [1.807, 2.05) is 18.2 Å². The van der Waals surface area contributed by atoms with Crippen LogP contribution in [0.3, 0.4) is 0 Å². The van der Waals surface area contributed by atoms with Gasteiger partial charge >= 0.3 is 5.97 Å². The minimum atomic E-state index is -0.803. The van der Waals surface area contributed by atoms with Crippen LogP contribution in [-0.4, -0.2) is 34.7 Å². The number of aliphatic hydroxyl groups excluding tert-OH is 1. The number of unbranched alkanes of at least 4 members (excludes halogenated alkanes) is 1. The Morgan fingerprint density at radius 3 is 2.93 bits per heavy atom. The standard InChI is InChI=1S/C22H25ClO5/c23-17-6-5-7-19(14-17)28-15-18(24)12-10-16-11-13-21(25)20(16)8-3-1-2-4-9-22(26)27/h1,3,5-7,10-12,14,18,20,24H,2,4,8-9,13,15H2,(H,26,27)/b3-1+,12-10+/t18-,20-/m1/s1. The van der Waals surface area contributed by atoms with Crippen LogP contribution in [0.1, 0.15) is 32.1 Å². The van der Waals surface area contributed by atoms with Crippen LogP contribution in [0.15, 0.2) is 60.2 Å². The van der Waals surface area contributed by atoms with Gasteiger partial charge in [-0.05, 0) is 43.0 Å². The minimum absolute atomic E-state index is 0.0895. The molecule has 1 aliphatic carbocycles. The Morgan fingerprint density at radius 1 is 1.36 bits per heavy atom. The van der Waals surface area contributed by atoms with Crippen molar-refractivity contribution in [1.82, 2.24) is 0 Å². The molecule has 0 fully saturated rings. The lowest BCUT2D eigenvalue weighted by Crippen LogP contribution is -2.15. The van der Waals surface area contributed by atoms with Crippen LogP contribution in [0.5, 0.6) is 5.75 Å². The van der Waals surface area contributed by atoms with Crippen LogP contribution in [0, 0.1) is 5.92 Å². The highest BCUT2D eigenvalue weighted by Crippen LogP contribution is 2.27. The van der Waals surface area contributed by atoms with E-state index in [1.54, 1.807) is 36.4 Å². The third-order valence-electron chi connectivity index (χ3n) is 4.36. The number of rotatable bonds is 11. The number of hydrogen-bond donors (Lipinski definition) is 2. The molecule has 0 saturated carbocycles. The quantitative estimate of drug-likeness (QED) is 0.423. The fraction of sp³-hybridized carbons (Fsp3) is 0.364. The molecule has 2 rings (SSSR count). The summed E-state index contributed by atoms with van der Waals surface area (Å²) in [5, 5.41) is 19.3. The third kappa shape index (κ3) is 7.71. The number of halogens is 1. The second-order valence-electron chi connectivity index (χ2n) is 6.62. The molecule has 28 heavy (non-hydrogen) atoms. The molecular weight excluding hydrogens is 380 g/mol. The van der Waals surface area contributed by atoms with Crippen molar-refractivity contribution in [2.24, 2.45) is 5.92 Å². The molecule has 0 saturated heterocycles. The normalized spacial score (nSPS) is 18.0. The molecule has 6 heteroatoms. The number of hydrogen-bond acceptors (Lipinski definition) is 4. The maximum Gasteiger partial charge on any atom is 0.303 e. The molecule has 5 nitrogen and oxygen atoms in total. The first-order valence-electron chi connectivity index (χ1n) is 9.30. The van der Waals surface area contributed by atoms with E-state index in [0.29, 0.717) is 36.5 Å². The molecule has 0 bridgehead atoms. The van der Waals surface area contributed by atoms with E-state index < -0.39 is 12.1 Å². The number of aliphatic carboxylic acids is 1. The number of carboxylic acid groups (broad SMARTS) is 1.